The van der Waals surface area contributed by atoms with Crippen molar-refractivity contribution in [2.45, 2.75) is 38.8 Å². The predicted octanol–water partition coefficient (Wildman–Crippen LogP) is 3.57. The largest absolute Gasteiger partial charge is 0.497 e. The molecule has 0 saturated carbocycles. The van der Waals surface area contributed by atoms with E-state index < -0.39 is 0 Å². The Bertz CT molecular complexity index is 568. The van der Waals surface area contributed by atoms with Crippen LogP contribution in [-0.4, -0.2) is 31.0 Å². The fourth-order valence-corrected chi connectivity index (χ4v) is 2.42. The number of aliphatic hydroxyl groups excluding tert-OH is 1. The lowest BCUT2D eigenvalue weighted by molar-refractivity contribution is -0.0847. The van der Waals surface area contributed by atoms with Crippen LogP contribution in [0, 0.1) is 0 Å². The highest BCUT2D eigenvalue weighted by atomic mass is 16.5. The second-order valence-electron chi connectivity index (χ2n) is 5.71. The minimum Gasteiger partial charge on any atom is -0.497 e. The molecular formula is C20H26O4. The van der Waals surface area contributed by atoms with Crippen molar-refractivity contribution in [2.24, 2.45) is 0 Å². The summed E-state index contributed by atoms with van der Waals surface area (Å²) >= 11 is 0. The molecule has 0 fully saturated rings. The van der Waals surface area contributed by atoms with Crippen LogP contribution in [0.4, 0.5) is 0 Å². The van der Waals surface area contributed by atoms with E-state index in [1.807, 2.05) is 61.5 Å². The Morgan fingerprint density at radius 2 is 1.50 bits per heavy atom. The highest BCUT2D eigenvalue weighted by molar-refractivity contribution is 5.26. The van der Waals surface area contributed by atoms with Gasteiger partial charge >= 0.3 is 0 Å². The molecular weight excluding hydrogens is 304 g/mol. The van der Waals surface area contributed by atoms with E-state index in [2.05, 4.69) is 0 Å². The smallest absolute Gasteiger partial charge is 0.118 e. The Morgan fingerprint density at radius 1 is 0.875 bits per heavy atom. The Hall–Kier alpha value is -1.88. The van der Waals surface area contributed by atoms with Crippen LogP contribution in [0.5, 0.6) is 5.75 Å². The zero-order valence-electron chi connectivity index (χ0n) is 14.4. The molecule has 24 heavy (non-hydrogen) atoms. The van der Waals surface area contributed by atoms with E-state index in [0.29, 0.717) is 19.6 Å². The third-order valence-corrected chi connectivity index (χ3v) is 3.92. The minimum absolute atomic E-state index is 0.0791. The second-order valence-corrected chi connectivity index (χ2v) is 5.71. The number of hydrogen-bond donors (Lipinski definition) is 1. The lowest BCUT2D eigenvalue weighted by Gasteiger charge is -2.24. The zero-order valence-corrected chi connectivity index (χ0v) is 14.4. The van der Waals surface area contributed by atoms with Gasteiger partial charge in [-0.25, -0.2) is 0 Å². The van der Waals surface area contributed by atoms with Crippen molar-refractivity contribution >= 4 is 0 Å². The van der Waals surface area contributed by atoms with Crippen LogP contribution in [0.2, 0.25) is 0 Å². The van der Waals surface area contributed by atoms with Gasteiger partial charge in [0, 0.05) is 6.61 Å². The number of benzene rings is 2. The van der Waals surface area contributed by atoms with Crippen molar-refractivity contribution in [1.82, 2.24) is 0 Å². The van der Waals surface area contributed by atoms with Gasteiger partial charge in [0.15, 0.2) is 0 Å². The van der Waals surface area contributed by atoms with Crippen LogP contribution in [0.15, 0.2) is 54.6 Å². The van der Waals surface area contributed by atoms with Crippen LogP contribution in [0.1, 0.15) is 24.5 Å². The maximum absolute atomic E-state index is 9.28. The number of aliphatic hydroxyl groups is 1. The van der Waals surface area contributed by atoms with Gasteiger partial charge < -0.3 is 19.3 Å². The summed E-state index contributed by atoms with van der Waals surface area (Å²) in [7, 11) is 1.65. The predicted molar refractivity (Wildman–Crippen MR) is 94.0 cm³/mol. The molecule has 0 aromatic heterocycles. The van der Waals surface area contributed by atoms with Crippen LogP contribution in [0.3, 0.4) is 0 Å². The Kier molecular flexibility index (Phi) is 7.75. The molecule has 0 aliphatic rings. The number of ether oxygens (including phenoxy) is 3. The molecule has 4 heteroatoms. The minimum atomic E-state index is -0.145. The Balaban J connectivity index is 1.84. The van der Waals surface area contributed by atoms with E-state index in [4.69, 9.17) is 14.2 Å². The van der Waals surface area contributed by atoms with E-state index >= 15 is 0 Å². The summed E-state index contributed by atoms with van der Waals surface area (Å²) in [6.45, 7) is 3.08. The molecule has 0 bridgehead atoms. The molecule has 0 unspecified atom stereocenters. The summed E-state index contributed by atoms with van der Waals surface area (Å²) in [5.41, 5.74) is 2.19. The molecule has 4 nitrogen and oxygen atoms in total. The van der Waals surface area contributed by atoms with Crippen LogP contribution in [0.25, 0.3) is 0 Å². The van der Waals surface area contributed by atoms with E-state index in [-0.39, 0.29) is 18.8 Å². The van der Waals surface area contributed by atoms with Gasteiger partial charge in [-0.15, -0.1) is 0 Å². The van der Waals surface area contributed by atoms with Crippen molar-refractivity contribution in [1.29, 1.82) is 0 Å². The highest BCUT2D eigenvalue weighted by Crippen LogP contribution is 2.16. The first-order valence-corrected chi connectivity index (χ1v) is 8.24. The van der Waals surface area contributed by atoms with Gasteiger partial charge in [-0.1, -0.05) is 42.5 Å². The molecule has 2 aromatic carbocycles. The maximum Gasteiger partial charge on any atom is 0.118 e. The molecule has 1 N–H and O–H groups in total. The molecule has 0 heterocycles. The molecule has 2 atom stereocenters. The van der Waals surface area contributed by atoms with Gasteiger partial charge in [-0.3, -0.25) is 0 Å². The van der Waals surface area contributed by atoms with Gasteiger partial charge in [0.1, 0.15) is 5.75 Å². The highest BCUT2D eigenvalue weighted by Gasteiger charge is 2.18. The van der Waals surface area contributed by atoms with Crippen molar-refractivity contribution in [2.75, 3.05) is 13.7 Å². The average molecular weight is 330 g/mol. The van der Waals surface area contributed by atoms with Crippen LogP contribution in [-0.2, 0) is 22.7 Å². The van der Waals surface area contributed by atoms with Crippen LogP contribution >= 0.6 is 0 Å². The molecule has 0 aliphatic heterocycles. The first-order chi connectivity index (χ1) is 11.7. The van der Waals surface area contributed by atoms with E-state index in [1.165, 1.54) is 0 Å². The summed E-state index contributed by atoms with van der Waals surface area (Å²) in [6, 6.07) is 17.8. The van der Waals surface area contributed by atoms with E-state index in [9.17, 15) is 5.11 Å². The maximum atomic E-state index is 9.28. The molecule has 0 radical (unpaired) electrons. The zero-order chi connectivity index (χ0) is 17.2. The number of hydrogen-bond acceptors (Lipinski definition) is 4. The molecule has 0 saturated heterocycles. The summed E-state index contributed by atoms with van der Waals surface area (Å²) < 4.78 is 17.0. The summed E-state index contributed by atoms with van der Waals surface area (Å²) in [6.07, 6.45) is 0.299. The van der Waals surface area contributed by atoms with Crippen molar-refractivity contribution < 1.29 is 19.3 Å². The van der Waals surface area contributed by atoms with Crippen molar-refractivity contribution in [3.05, 3.63) is 65.7 Å². The third kappa shape index (κ3) is 5.96. The van der Waals surface area contributed by atoms with E-state index in [0.717, 1.165) is 16.9 Å². The standard InChI is InChI=1S/C20H26O4/c1-16(23-14-18-8-10-19(22-2)11-9-18)20(12-13-21)24-15-17-6-4-3-5-7-17/h3-11,16,20-21H,12-15H2,1-2H3/t16-,20+/m0/s1. The van der Waals surface area contributed by atoms with Gasteiger partial charge in [0.2, 0.25) is 0 Å². The van der Waals surface area contributed by atoms with Gasteiger partial charge in [-0.05, 0) is 36.6 Å². The fourth-order valence-electron chi connectivity index (χ4n) is 2.42. The molecule has 2 rings (SSSR count). The summed E-state index contributed by atoms with van der Waals surface area (Å²) in [4.78, 5) is 0. The normalized spacial score (nSPS) is 13.5. The quantitative estimate of drug-likeness (QED) is 0.723. The lowest BCUT2D eigenvalue weighted by Crippen LogP contribution is -2.30. The molecule has 130 valence electrons. The lowest BCUT2D eigenvalue weighted by atomic mass is 10.1. The van der Waals surface area contributed by atoms with Crippen LogP contribution < -0.4 is 4.74 Å². The molecule has 0 spiro atoms. The fraction of sp³-hybridized carbons (Fsp3) is 0.400. The van der Waals surface area contributed by atoms with Gasteiger partial charge in [-0.2, -0.15) is 0 Å². The number of methoxy groups -OCH3 is 1. The third-order valence-electron chi connectivity index (χ3n) is 3.92. The second kappa shape index (κ2) is 10.1. The first-order valence-electron chi connectivity index (χ1n) is 8.24. The van der Waals surface area contributed by atoms with Crippen molar-refractivity contribution in [3.63, 3.8) is 0 Å². The number of rotatable bonds is 10. The summed E-state index contributed by atoms with van der Waals surface area (Å²) in [5.74, 6) is 0.830. The molecule has 0 aliphatic carbocycles. The first kappa shape index (κ1) is 18.5. The average Bonchev–Trinajstić information content (AvgIpc) is 2.64. The summed E-state index contributed by atoms with van der Waals surface area (Å²) in [5, 5.41) is 9.28. The molecule has 2 aromatic rings. The van der Waals surface area contributed by atoms with Crippen molar-refractivity contribution in [3.8, 4) is 5.75 Å². The SMILES string of the molecule is COc1ccc(CO[C@@H](C)[C@@H](CCO)OCc2ccccc2)cc1. The topological polar surface area (TPSA) is 47.9 Å². The van der Waals surface area contributed by atoms with Gasteiger partial charge in [0.05, 0.1) is 32.5 Å². The Labute approximate surface area is 144 Å². The van der Waals surface area contributed by atoms with E-state index in [1.54, 1.807) is 7.11 Å². The monoisotopic (exact) mass is 330 g/mol. The molecule has 0 amide bonds. The van der Waals surface area contributed by atoms with Gasteiger partial charge in [0.25, 0.3) is 0 Å². The Morgan fingerprint density at radius 3 is 2.12 bits per heavy atom.